The third-order valence-electron chi connectivity index (χ3n) is 5.99. The molecule has 0 radical (unpaired) electrons. The van der Waals surface area contributed by atoms with Crippen LogP contribution in [0.15, 0.2) is 114 Å². The average Bonchev–Trinajstić information content (AvgIpc) is 3.17. The molecule has 0 saturated heterocycles. The molecule has 194 valence electrons. The van der Waals surface area contributed by atoms with Gasteiger partial charge in [0.1, 0.15) is 28.8 Å². The number of halogens is 1. The summed E-state index contributed by atoms with van der Waals surface area (Å²) in [6.45, 7) is 2.35. The molecule has 0 bridgehead atoms. The van der Waals surface area contributed by atoms with Crippen LogP contribution in [0.4, 0.5) is 11.4 Å². The first kappa shape index (κ1) is 25.8. The molecule has 7 nitrogen and oxygen atoms in total. The molecule has 0 aromatic heterocycles. The van der Waals surface area contributed by atoms with Crippen molar-refractivity contribution in [2.24, 2.45) is 0 Å². The van der Waals surface area contributed by atoms with Crippen molar-refractivity contribution in [3.8, 4) is 11.5 Å². The average molecular weight is 539 g/mol. The van der Waals surface area contributed by atoms with Gasteiger partial charge in [0.15, 0.2) is 0 Å². The fourth-order valence-electron chi connectivity index (χ4n) is 3.88. The second-order valence-electron chi connectivity index (χ2n) is 8.81. The van der Waals surface area contributed by atoms with Crippen LogP contribution in [0.2, 0.25) is 0 Å². The molecule has 1 aliphatic rings. The van der Waals surface area contributed by atoms with Gasteiger partial charge in [-0.05, 0) is 73.2 Å². The summed E-state index contributed by atoms with van der Waals surface area (Å²) >= 11 is 6.21. The van der Waals surface area contributed by atoms with Gasteiger partial charge in [-0.1, -0.05) is 59.6 Å². The highest BCUT2D eigenvalue weighted by Gasteiger charge is 2.38. The fraction of sp³-hybridized carbons (Fsp3) is 0.0645. The van der Waals surface area contributed by atoms with Crippen LogP contribution in [0.5, 0.6) is 11.5 Å². The molecule has 0 atom stereocenters. The van der Waals surface area contributed by atoms with Gasteiger partial charge in [-0.3, -0.25) is 9.59 Å². The van der Waals surface area contributed by atoms with Crippen molar-refractivity contribution in [3.05, 3.63) is 131 Å². The SMILES string of the molecule is Cc1ccc(N2C(=O)C(Cl)=C(Nc3ccc(C(=O)Oc4ccc(OCc5ccccc5)cc4)cc3)C2=O)cc1. The first-order valence-corrected chi connectivity index (χ1v) is 12.5. The number of ether oxygens (including phenoxy) is 2. The summed E-state index contributed by atoms with van der Waals surface area (Å²) in [6, 6.07) is 29.9. The van der Waals surface area contributed by atoms with Gasteiger partial charge in [-0.2, -0.15) is 0 Å². The molecule has 1 aliphatic heterocycles. The lowest BCUT2D eigenvalue weighted by molar-refractivity contribution is -0.120. The van der Waals surface area contributed by atoms with E-state index in [-0.39, 0.29) is 10.7 Å². The smallest absolute Gasteiger partial charge is 0.343 e. The van der Waals surface area contributed by atoms with Gasteiger partial charge in [0.2, 0.25) is 0 Å². The first-order chi connectivity index (χ1) is 18.9. The number of esters is 1. The molecule has 0 unspecified atom stereocenters. The number of hydrogen-bond acceptors (Lipinski definition) is 6. The predicted octanol–water partition coefficient (Wildman–Crippen LogP) is 6.23. The summed E-state index contributed by atoms with van der Waals surface area (Å²) in [4.78, 5) is 39.2. The molecule has 8 heteroatoms. The molecule has 0 spiro atoms. The topological polar surface area (TPSA) is 84.9 Å². The summed E-state index contributed by atoms with van der Waals surface area (Å²) < 4.78 is 11.2. The Labute approximate surface area is 230 Å². The largest absolute Gasteiger partial charge is 0.489 e. The Kier molecular flexibility index (Phi) is 7.43. The quantitative estimate of drug-likeness (QED) is 0.163. The van der Waals surface area contributed by atoms with Crippen LogP contribution in [-0.2, 0) is 16.2 Å². The van der Waals surface area contributed by atoms with Gasteiger partial charge in [-0.15, -0.1) is 0 Å². The lowest BCUT2D eigenvalue weighted by Crippen LogP contribution is -2.32. The summed E-state index contributed by atoms with van der Waals surface area (Å²) in [7, 11) is 0. The highest BCUT2D eigenvalue weighted by Crippen LogP contribution is 2.30. The summed E-state index contributed by atoms with van der Waals surface area (Å²) in [6.07, 6.45) is 0. The van der Waals surface area contributed by atoms with Gasteiger partial charge in [0.25, 0.3) is 11.8 Å². The number of carbonyl (C=O) groups is 3. The fourth-order valence-corrected chi connectivity index (χ4v) is 4.10. The third kappa shape index (κ3) is 5.84. The first-order valence-electron chi connectivity index (χ1n) is 12.1. The summed E-state index contributed by atoms with van der Waals surface area (Å²) in [5.74, 6) is -0.687. The molecule has 0 fully saturated rings. The number of rotatable bonds is 8. The van der Waals surface area contributed by atoms with E-state index in [0.717, 1.165) is 16.0 Å². The van der Waals surface area contributed by atoms with Crippen molar-refractivity contribution in [2.45, 2.75) is 13.5 Å². The minimum absolute atomic E-state index is 0.0351. The van der Waals surface area contributed by atoms with Crippen molar-refractivity contribution in [3.63, 3.8) is 0 Å². The molecule has 5 rings (SSSR count). The molecule has 4 aromatic carbocycles. The third-order valence-corrected chi connectivity index (χ3v) is 6.34. The zero-order chi connectivity index (χ0) is 27.4. The minimum Gasteiger partial charge on any atom is -0.489 e. The number of imide groups is 1. The van der Waals surface area contributed by atoms with E-state index >= 15 is 0 Å². The van der Waals surface area contributed by atoms with E-state index in [0.29, 0.717) is 35.0 Å². The maximum Gasteiger partial charge on any atom is 0.343 e. The Balaban J connectivity index is 1.19. The van der Waals surface area contributed by atoms with Crippen molar-refractivity contribution in [1.29, 1.82) is 0 Å². The zero-order valence-electron chi connectivity index (χ0n) is 20.9. The van der Waals surface area contributed by atoms with E-state index in [9.17, 15) is 14.4 Å². The highest BCUT2D eigenvalue weighted by molar-refractivity contribution is 6.53. The number of benzene rings is 4. The van der Waals surface area contributed by atoms with Crippen LogP contribution < -0.4 is 19.7 Å². The Morgan fingerprint density at radius 2 is 1.44 bits per heavy atom. The van der Waals surface area contributed by atoms with E-state index in [2.05, 4.69) is 5.32 Å². The van der Waals surface area contributed by atoms with Crippen LogP contribution >= 0.6 is 11.6 Å². The Morgan fingerprint density at radius 1 is 0.795 bits per heavy atom. The monoisotopic (exact) mass is 538 g/mol. The highest BCUT2D eigenvalue weighted by atomic mass is 35.5. The molecule has 2 amide bonds. The summed E-state index contributed by atoms with van der Waals surface area (Å²) in [5, 5.41) is 2.69. The van der Waals surface area contributed by atoms with Crippen molar-refractivity contribution in [1.82, 2.24) is 0 Å². The van der Waals surface area contributed by atoms with Crippen molar-refractivity contribution < 1.29 is 23.9 Å². The second kappa shape index (κ2) is 11.2. The predicted molar refractivity (Wildman–Crippen MR) is 149 cm³/mol. The molecule has 39 heavy (non-hydrogen) atoms. The molecule has 0 saturated carbocycles. The van der Waals surface area contributed by atoms with E-state index in [1.807, 2.05) is 37.3 Å². The number of nitrogens with one attached hydrogen (secondary N) is 1. The van der Waals surface area contributed by atoms with Gasteiger partial charge in [-0.25, -0.2) is 9.69 Å². The van der Waals surface area contributed by atoms with Crippen LogP contribution in [0, 0.1) is 6.92 Å². The van der Waals surface area contributed by atoms with E-state index in [1.165, 1.54) is 0 Å². The van der Waals surface area contributed by atoms with Crippen LogP contribution in [0.3, 0.4) is 0 Å². The minimum atomic E-state index is -0.607. The number of anilines is 2. The molecular weight excluding hydrogens is 516 g/mol. The Hall–Kier alpha value is -4.88. The van der Waals surface area contributed by atoms with E-state index < -0.39 is 17.8 Å². The summed E-state index contributed by atoms with van der Waals surface area (Å²) in [5.41, 5.74) is 3.23. The normalized spacial score (nSPS) is 13.0. The van der Waals surface area contributed by atoms with Crippen LogP contribution in [0.1, 0.15) is 21.5 Å². The maximum atomic E-state index is 12.9. The molecule has 4 aromatic rings. The van der Waals surface area contributed by atoms with E-state index in [4.69, 9.17) is 21.1 Å². The van der Waals surface area contributed by atoms with Crippen molar-refractivity contribution >= 4 is 40.8 Å². The number of hydrogen-bond donors (Lipinski definition) is 1. The lowest BCUT2D eigenvalue weighted by Gasteiger charge is -2.15. The number of nitrogens with zero attached hydrogens (tertiary/aromatic N) is 1. The Morgan fingerprint density at radius 3 is 2.10 bits per heavy atom. The van der Waals surface area contributed by atoms with Gasteiger partial charge >= 0.3 is 5.97 Å². The number of amides is 2. The number of carbonyl (C=O) groups excluding carboxylic acids is 3. The zero-order valence-corrected chi connectivity index (χ0v) is 21.6. The lowest BCUT2D eigenvalue weighted by atomic mass is 10.2. The molecule has 0 aliphatic carbocycles. The molecular formula is C31H23ClN2O5. The Bertz CT molecular complexity index is 1550. The maximum absolute atomic E-state index is 12.9. The van der Waals surface area contributed by atoms with Gasteiger partial charge in [0, 0.05) is 5.69 Å². The molecule has 1 heterocycles. The van der Waals surface area contributed by atoms with Crippen LogP contribution in [-0.4, -0.2) is 17.8 Å². The van der Waals surface area contributed by atoms with Gasteiger partial charge in [0.05, 0.1) is 11.3 Å². The van der Waals surface area contributed by atoms with E-state index in [1.54, 1.807) is 72.8 Å². The van der Waals surface area contributed by atoms with Crippen LogP contribution in [0.25, 0.3) is 0 Å². The molecule has 1 N–H and O–H groups in total. The number of aryl methyl sites for hydroxylation is 1. The van der Waals surface area contributed by atoms with Gasteiger partial charge < -0.3 is 14.8 Å². The van der Waals surface area contributed by atoms with Crippen molar-refractivity contribution in [2.75, 3.05) is 10.2 Å². The standard InChI is InChI=1S/C31H23ClN2O5/c1-20-7-13-24(14-8-20)34-29(35)27(32)28(30(34)36)33-23-11-9-22(10-12-23)31(37)39-26-17-15-25(16-18-26)38-19-21-5-3-2-4-6-21/h2-18,33H,19H2,1H3. The second-order valence-corrected chi connectivity index (χ2v) is 9.19.